The number of thioether (sulfide) groups is 1. The molecule has 1 N–H and O–H groups in total. The highest BCUT2D eigenvalue weighted by molar-refractivity contribution is 7.99. The largest absolute Gasteiger partial charge is 0.383 e. The van der Waals surface area contributed by atoms with Gasteiger partial charge in [-0.15, -0.1) is 0 Å². The van der Waals surface area contributed by atoms with E-state index in [1.165, 1.54) is 11.8 Å². The summed E-state index contributed by atoms with van der Waals surface area (Å²) >= 11 is 7.44. The van der Waals surface area contributed by atoms with Crippen LogP contribution in [0.25, 0.3) is 0 Å². The molecule has 1 unspecified atom stereocenters. The minimum absolute atomic E-state index is 0.0119. The Bertz CT molecular complexity index is 902. The summed E-state index contributed by atoms with van der Waals surface area (Å²) in [6.45, 7) is 4.80. The molecule has 0 spiro atoms. The van der Waals surface area contributed by atoms with E-state index >= 15 is 0 Å². The highest BCUT2D eigenvalue weighted by Crippen LogP contribution is 2.24. The van der Waals surface area contributed by atoms with Gasteiger partial charge in [-0.05, 0) is 19.1 Å². The number of halogens is 1. The molecule has 1 fully saturated rings. The molecule has 1 aliphatic heterocycles. The van der Waals surface area contributed by atoms with Crippen molar-refractivity contribution in [2.75, 3.05) is 50.5 Å². The van der Waals surface area contributed by atoms with Crippen molar-refractivity contribution in [1.82, 2.24) is 20.2 Å². The number of aromatic nitrogens is 2. The van der Waals surface area contributed by atoms with Gasteiger partial charge in [-0.3, -0.25) is 9.59 Å². The van der Waals surface area contributed by atoms with Crippen LogP contribution in [0.2, 0.25) is 5.15 Å². The minimum Gasteiger partial charge on any atom is -0.383 e. The smallest absolute Gasteiger partial charge is 0.254 e. The number of rotatable bonds is 8. The molecule has 1 aliphatic rings. The Morgan fingerprint density at radius 2 is 2.03 bits per heavy atom. The summed E-state index contributed by atoms with van der Waals surface area (Å²) in [4.78, 5) is 37.5. The van der Waals surface area contributed by atoms with Crippen LogP contribution in [0.4, 0.5) is 5.82 Å². The summed E-state index contributed by atoms with van der Waals surface area (Å²) in [7, 11) is 1.58. The van der Waals surface area contributed by atoms with Gasteiger partial charge in [0.25, 0.3) is 5.91 Å². The SMILES string of the molecule is COCCNC(=O)CSc1nc(Cl)cc(N2CCN(C(=O)c3ccccc3)C(C)C2)n1. The van der Waals surface area contributed by atoms with Crippen molar-refractivity contribution in [1.29, 1.82) is 0 Å². The van der Waals surface area contributed by atoms with Crippen molar-refractivity contribution in [2.24, 2.45) is 0 Å². The molecule has 31 heavy (non-hydrogen) atoms. The van der Waals surface area contributed by atoms with Crippen LogP contribution < -0.4 is 10.2 Å². The number of piperazine rings is 1. The fourth-order valence-corrected chi connectivity index (χ4v) is 4.21. The number of ether oxygens (including phenoxy) is 1. The third kappa shape index (κ3) is 6.56. The van der Waals surface area contributed by atoms with E-state index in [4.69, 9.17) is 16.3 Å². The van der Waals surface area contributed by atoms with E-state index in [-0.39, 0.29) is 23.6 Å². The highest BCUT2D eigenvalue weighted by Gasteiger charge is 2.29. The third-order valence-electron chi connectivity index (χ3n) is 4.85. The number of benzene rings is 1. The molecule has 1 aromatic carbocycles. The molecule has 1 atom stereocenters. The lowest BCUT2D eigenvalue weighted by atomic mass is 10.1. The normalized spacial score (nSPS) is 16.3. The first-order valence-electron chi connectivity index (χ1n) is 10.0. The first-order chi connectivity index (χ1) is 15.0. The molecule has 8 nitrogen and oxygen atoms in total. The van der Waals surface area contributed by atoms with Gasteiger partial charge in [0.15, 0.2) is 5.16 Å². The number of methoxy groups -OCH3 is 1. The maximum atomic E-state index is 12.8. The van der Waals surface area contributed by atoms with Gasteiger partial charge in [0.1, 0.15) is 11.0 Å². The molecule has 166 valence electrons. The molecular weight excluding hydrogens is 438 g/mol. The highest BCUT2D eigenvalue weighted by atomic mass is 35.5. The summed E-state index contributed by atoms with van der Waals surface area (Å²) in [5.41, 5.74) is 0.690. The fourth-order valence-electron chi connectivity index (χ4n) is 3.30. The van der Waals surface area contributed by atoms with Crippen LogP contribution >= 0.6 is 23.4 Å². The number of amides is 2. The Morgan fingerprint density at radius 3 is 2.74 bits per heavy atom. The topological polar surface area (TPSA) is 87.7 Å². The van der Waals surface area contributed by atoms with Crippen molar-refractivity contribution >= 4 is 41.0 Å². The lowest BCUT2D eigenvalue weighted by Gasteiger charge is -2.40. The summed E-state index contributed by atoms with van der Waals surface area (Å²) in [5, 5.41) is 3.53. The van der Waals surface area contributed by atoms with Gasteiger partial charge in [-0.25, -0.2) is 9.97 Å². The average molecular weight is 464 g/mol. The zero-order chi connectivity index (χ0) is 22.2. The van der Waals surface area contributed by atoms with Crippen LogP contribution in [0.1, 0.15) is 17.3 Å². The zero-order valence-electron chi connectivity index (χ0n) is 17.6. The number of hydrogen-bond donors (Lipinski definition) is 1. The van der Waals surface area contributed by atoms with Crippen molar-refractivity contribution in [2.45, 2.75) is 18.1 Å². The summed E-state index contributed by atoms with van der Waals surface area (Å²) in [6, 6.07) is 11.0. The summed E-state index contributed by atoms with van der Waals surface area (Å²) in [5.74, 6) is 0.804. The number of nitrogens with one attached hydrogen (secondary N) is 1. The molecule has 0 radical (unpaired) electrons. The van der Waals surface area contributed by atoms with Gasteiger partial charge in [-0.1, -0.05) is 41.6 Å². The van der Waals surface area contributed by atoms with E-state index in [1.54, 1.807) is 13.2 Å². The minimum atomic E-state index is -0.117. The first kappa shape index (κ1) is 23.3. The van der Waals surface area contributed by atoms with Crippen molar-refractivity contribution in [3.63, 3.8) is 0 Å². The van der Waals surface area contributed by atoms with Crippen molar-refractivity contribution in [3.8, 4) is 0 Å². The molecule has 10 heteroatoms. The molecule has 3 rings (SSSR count). The Morgan fingerprint density at radius 1 is 1.26 bits per heavy atom. The number of anilines is 1. The maximum Gasteiger partial charge on any atom is 0.254 e. The third-order valence-corrected chi connectivity index (χ3v) is 5.90. The second-order valence-corrected chi connectivity index (χ2v) is 8.45. The van der Waals surface area contributed by atoms with E-state index < -0.39 is 0 Å². The van der Waals surface area contributed by atoms with Gasteiger partial charge in [-0.2, -0.15) is 0 Å². The standard InChI is InChI=1S/C21H26ClN5O3S/c1-15-13-26(9-10-27(15)20(29)16-6-4-3-5-7-16)18-12-17(22)24-21(25-18)31-14-19(28)23-8-11-30-2/h3-7,12,15H,8-11,13-14H2,1-2H3,(H,23,28). The van der Waals surface area contributed by atoms with Gasteiger partial charge in [0.2, 0.25) is 5.91 Å². The zero-order valence-corrected chi connectivity index (χ0v) is 19.2. The monoisotopic (exact) mass is 463 g/mol. The van der Waals surface area contributed by atoms with E-state index in [0.717, 1.165) is 0 Å². The predicted octanol–water partition coefficient (Wildman–Crippen LogP) is 2.34. The maximum absolute atomic E-state index is 12.8. The molecule has 0 aliphatic carbocycles. The summed E-state index contributed by atoms with van der Waals surface area (Å²) < 4.78 is 4.92. The Kier molecular flexibility index (Phi) is 8.51. The van der Waals surface area contributed by atoms with Gasteiger partial charge in [0.05, 0.1) is 12.4 Å². The molecule has 0 saturated carbocycles. The predicted molar refractivity (Wildman–Crippen MR) is 122 cm³/mol. The van der Waals surface area contributed by atoms with E-state index in [1.807, 2.05) is 42.2 Å². The number of carbonyl (C=O) groups excluding carboxylic acids is 2. The molecule has 2 heterocycles. The first-order valence-corrected chi connectivity index (χ1v) is 11.4. The molecule has 1 aromatic heterocycles. The second-order valence-electron chi connectivity index (χ2n) is 7.12. The van der Waals surface area contributed by atoms with Crippen LogP contribution in [-0.4, -0.2) is 78.4 Å². The lowest BCUT2D eigenvalue weighted by molar-refractivity contribution is -0.118. The van der Waals surface area contributed by atoms with E-state index in [0.29, 0.717) is 54.5 Å². The fraction of sp³-hybridized carbons (Fsp3) is 0.429. The Hall–Kier alpha value is -2.36. The van der Waals surface area contributed by atoms with Crippen LogP contribution in [0, 0.1) is 0 Å². The van der Waals surface area contributed by atoms with Crippen LogP contribution in [0.3, 0.4) is 0 Å². The van der Waals surface area contributed by atoms with Crippen LogP contribution in [0.5, 0.6) is 0 Å². The van der Waals surface area contributed by atoms with E-state index in [2.05, 4.69) is 20.2 Å². The summed E-state index contributed by atoms with van der Waals surface area (Å²) in [6.07, 6.45) is 0. The van der Waals surface area contributed by atoms with Crippen LogP contribution in [0.15, 0.2) is 41.6 Å². The lowest BCUT2D eigenvalue weighted by Crippen LogP contribution is -2.54. The van der Waals surface area contributed by atoms with Gasteiger partial charge >= 0.3 is 0 Å². The molecule has 1 saturated heterocycles. The number of carbonyl (C=O) groups is 2. The Labute approximate surface area is 191 Å². The van der Waals surface area contributed by atoms with E-state index in [9.17, 15) is 9.59 Å². The quantitative estimate of drug-likeness (QED) is 0.278. The number of hydrogen-bond acceptors (Lipinski definition) is 7. The molecule has 2 aromatic rings. The Balaban J connectivity index is 1.60. The van der Waals surface area contributed by atoms with Crippen LogP contribution in [-0.2, 0) is 9.53 Å². The average Bonchev–Trinajstić information content (AvgIpc) is 2.77. The van der Waals surface area contributed by atoms with Gasteiger partial charge in [0, 0.05) is 51.0 Å². The molecular formula is C21H26ClN5O3S. The second kappa shape index (κ2) is 11.3. The van der Waals surface area contributed by atoms with Crippen molar-refractivity contribution in [3.05, 3.63) is 47.1 Å². The van der Waals surface area contributed by atoms with Crippen molar-refractivity contribution < 1.29 is 14.3 Å². The van der Waals surface area contributed by atoms with Gasteiger partial charge < -0.3 is 19.9 Å². The molecule has 2 amide bonds. The number of nitrogens with zero attached hydrogens (tertiary/aromatic N) is 4. The molecule has 0 bridgehead atoms.